The molecule has 160 valence electrons. The molecule has 3 aromatic rings. The summed E-state index contributed by atoms with van der Waals surface area (Å²) in [7, 11) is 0. The number of anilines is 2. The van der Waals surface area contributed by atoms with Crippen LogP contribution < -0.4 is 15.5 Å². The Hall–Kier alpha value is -3.74. The molecule has 0 saturated carbocycles. The molecule has 0 aromatic heterocycles. The Bertz CT molecular complexity index is 1020. The third kappa shape index (κ3) is 6.37. The number of nitrogens with zero attached hydrogens (tertiary/aromatic N) is 1. The second-order valence-corrected chi connectivity index (χ2v) is 7.04. The first-order chi connectivity index (χ1) is 14.9. The molecule has 0 aliphatic carbocycles. The molecule has 3 rings (SSSR count). The summed E-state index contributed by atoms with van der Waals surface area (Å²) in [6, 6.07) is 17.9. The van der Waals surface area contributed by atoms with Gasteiger partial charge in [0, 0.05) is 30.0 Å². The third-order valence-electron chi connectivity index (χ3n) is 4.64. The molecule has 3 aromatic carbocycles. The Morgan fingerprint density at radius 3 is 2.03 bits per heavy atom. The van der Waals surface area contributed by atoms with Gasteiger partial charge in [-0.2, -0.15) is 0 Å². The van der Waals surface area contributed by atoms with Crippen molar-refractivity contribution >= 4 is 23.3 Å². The van der Waals surface area contributed by atoms with Gasteiger partial charge in [0.15, 0.2) is 0 Å². The van der Waals surface area contributed by atoms with E-state index in [0.29, 0.717) is 36.4 Å². The quantitative estimate of drug-likeness (QED) is 0.518. The highest BCUT2D eigenvalue weighted by molar-refractivity contribution is 6.01. The maximum atomic E-state index is 13.3. The summed E-state index contributed by atoms with van der Waals surface area (Å²) >= 11 is 0. The smallest absolute Gasteiger partial charge is 0.326 e. The van der Waals surface area contributed by atoms with E-state index < -0.39 is 11.6 Å². The van der Waals surface area contributed by atoms with Crippen LogP contribution in [0.3, 0.4) is 0 Å². The predicted molar refractivity (Wildman–Crippen MR) is 117 cm³/mol. The van der Waals surface area contributed by atoms with Crippen molar-refractivity contribution in [1.29, 1.82) is 0 Å². The molecule has 0 atom stereocenters. The topological polar surface area (TPSA) is 61.4 Å². The van der Waals surface area contributed by atoms with Crippen LogP contribution in [0.5, 0.6) is 0 Å². The third-order valence-corrected chi connectivity index (χ3v) is 4.64. The molecule has 0 aliphatic rings. The number of urea groups is 1. The minimum absolute atomic E-state index is 0.299. The molecule has 0 spiro atoms. The summed E-state index contributed by atoms with van der Waals surface area (Å²) < 4.78 is 26.3. The number of hydrogen-bond acceptors (Lipinski definition) is 2. The van der Waals surface area contributed by atoms with Crippen molar-refractivity contribution in [2.75, 3.05) is 23.3 Å². The Balaban J connectivity index is 1.61. The summed E-state index contributed by atoms with van der Waals surface area (Å²) in [5.74, 6) is -1.13. The highest BCUT2D eigenvalue weighted by Gasteiger charge is 2.16. The molecule has 0 unspecified atom stereocenters. The molecule has 3 amide bonds. The largest absolute Gasteiger partial charge is 0.352 e. The van der Waals surface area contributed by atoms with E-state index in [1.165, 1.54) is 53.4 Å². The van der Waals surface area contributed by atoms with E-state index in [4.69, 9.17) is 0 Å². The first kappa shape index (κ1) is 22.0. The average Bonchev–Trinajstić information content (AvgIpc) is 2.76. The summed E-state index contributed by atoms with van der Waals surface area (Å²) in [4.78, 5) is 26.5. The second-order valence-electron chi connectivity index (χ2n) is 7.04. The van der Waals surface area contributed by atoms with Crippen LogP contribution in [0.1, 0.15) is 22.3 Å². The molecule has 0 saturated heterocycles. The van der Waals surface area contributed by atoms with Gasteiger partial charge in [0.2, 0.25) is 0 Å². The number of halogens is 2. The molecule has 0 heterocycles. The van der Waals surface area contributed by atoms with E-state index in [1.807, 2.05) is 19.1 Å². The van der Waals surface area contributed by atoms with Gasteiger partial charge >= 0.3 is 6.03 Å². The van der Waals surface area contributed by atoms with Crippen molar-refractivity contribution in [3.8, 4) is 0 Å². The van der Waals surface area contributed by atoms with Gasteiger partial charge < -0.3 is 10.6 Å². The van der Waals surface area contributed by atoms with Crippen LogP contribution in [0, 0.1) is 18.6 Å². The number of carbonyl (C=O) groups is 2. The lowest BCUT2D eigenvalue weighted by Crippen LogP contribution is -2.37. The molecule has 0 bridgehead atoms. The average molecular weight is 423 g/mol. The van der Waals surface area contributed by atoms with E-state index in [2.05, 4.69) is 10.6 Å². The van der Waals surface area contributed by atoms with E-state index >= 15 is 0 Å². The highest BCUT2D eigenvalue weighted by Crippen LogP contribution is 2.18. The van der Waals surface area contributed by atoms with Gasteiger partial charge in [-0.15, -0.1) is 0 Å². The van der Waals surface area contributed by atoms with Gasteiger partial charge in [-0.25, -0.2) is 13.6 Å². The van der Waals surface area contributed by atoms with Gasteiger partial charge in [0.05, 0.1) is 0 Å². The van der Waals surface area contributed by atoms with Crippen LogP contribution >= 0.6 is 0 Å². The first-order valence-corrected chi connectivity index (χ1v) is 9.87. The van der Waals surface area contributed by atoms with Gasteiger partial charge in [0.25, 0.3) is 5.91 Å². The van der Waals surface area contributed by atoms with Gasteiger partial charge in [0.1, 0.15) is 11.6 Å². The minimum Gasteiger partial charge on any atom is -0.352 e. The number of hydrogen-bond donors (Lipinski definition) is 2. The second kappa shape index (κ2) is 10.3. The fraction of sp³-hybridized carbons (Fsp3) is 0.167. The van der Waals surface area contributed by atoms with E-state index in [1.54, 1.807) is 12.1 Å². The van der Waals surface area contributed by atoms with Crippen molar-refractivity contribution in [3.05, 3.63) is 95.6 Å². The number of aryl methyl sites for hydroxylation is 1. The molecule has 2 N–H and O–H groups in total. The molecule has 7 heteroatoms. The van der Waals surface area contributed by atoms with Crippen LogP contribution in [0.2, 0.25) is 0 Å². The highest BCUT2D eigenvalue weighted by atomic mass is 19.1. The maximum absolute atomic E-state index is 13.3. The SMILES string of the molecule is Cc1ccc(NC(=O)N(CCCNC(=O)c2ccc(F)cc2)c2ccc(F)cc2)cc1. The van der Waals surface area contributed by atoms with Crippen molar-refractivity contribution in [2.24, 2.45) is 0 Å². The zero-order valence-electron chi connectivity index (χ0n) is 17.1. The van der Waals surface area contributed by atoms with E-state index in [9.17, 15) is 18.4 Å². The van der Waals surface area contributed by atoms with E-state index in [0.717, 1.165) is 5.56 Å². The summed E-state index contributed by atoms with van der Waals surface area (Å²) in [5, 5.41) is 5.58. The van der Waals surface area contributed by atoms with Crippen molar-refractivity contribution in [3.63, 3.8) is 0 Å². The summed E-state index contributed by atoms with van der Waals surface area (Å²) in [6.07, 6.45) is 0.464. The van der Waals surface area contributed by atoms with Crippen molar-refractivity contribution < 1.29 is 18.4 Å². The molecule has 5 nitrogen and oxygen atoms in total. The Labute approximate surface area is 179 Å². The number of carbonyl (C=O) groups excluding carboxylic acids is 2. The summed E-state index contributed by atoms with van der Waals surface area (Å²) in [6.45, 7) is 2.56. The van der Waals surface area contributed by atoms with Gasteiger partial charge in [-0.05, 0) is 74.0 Å². The lowest BCUT2D eigenvalue weighted by molar-refractivity contribution is 0.0953. The Morgan fingerprint density at radius 1 is 0.839 bits per heavy atom. The fourth-order valence-corrected chi connectivity index (χ4v) is 2.94. The number of nitrogens with one attached hydrogen (secondary N) is 2. The lowest BCUT2D eigenvalue weighted by Gasteiger charge is -2.23. The zero-order valence-corrected chi connectivity index (χ0v) is 17.1. The molecule has 0 fully saturated rings. The number of benzene rings is 3. The Kier molecular flexibility index (Phi) is 7.32. The van der Waals surface area contributed by atoms with Crippen LogP contribution in [-0.4, -0.2) is 25.0 Å². The van der Waals surface area contributed by atoms with E-state index in [-0.39, 0.29) is 11.9 Å². The monoisotopic (exact) mass is 423 g/mol. The molecule has 0 aliphatic heterocycles. The van der Waals surface area contributed by atoms with Crippen molar-refractivity contribution in [1.82, 2.24) is 5.32 Å². The van der Waals surface area contributed by atoms with Crippen LogP contribution in [0.4, 0.5) is 25.0 Å². The fourth-order valence-electron chi connectivity index (χ4n) is 2.94. The minimum atomic E-state index is -0.411. The molecular weight excluding hydrogens is 400 g/mol. The molecule has 0 radical (unpaired) electrons. The van der Waals surface area contributed by atoms with Crippen LogP contribution in [0.25, 0.3) is 0 Å². The van der Waals surface area contributed by atoms with Gasteiger partial charge in [-0.3, -0.25) is 9.69 Å². The van der Waals surface area contributed by atoms with Crippen molar-refractivity contribution in [2.45, 2.75) is 13.3 Å². The Morgan fingerprint density at radius 2 is 1.42 bits per heavy atom. The first-order valence-electron chi connectivity index (χ1n) is 9.87. The van der Waals surface area contributed by atoms with Crippen LogP contribution in [-0.2, 0) is 0 Å². The molecular formula is C24H23F2N3O2. The standard InChI is InChI=1S/C24H23F2N3O2/c1-17-3-11-21(12-4-17)28-24(31)29(22-13-9-20(26)10-14-22)16-2-15-27-23(30)18-5-7-19(25)8-6-18/h3-14H,2,15-16H2,1H3,(H,27,30)(H,28,31). The van der Waals surface area contributed by atoms with Crippen LogP contribution in [0.15, 0.2) is 72.8 Å². The number of amides is 3. The zero-order chi connectivity index (χ0) is 22.2. The maximum Gasteiger partial charge on any atom is 0.326 e. The predicted octanol–water partition coefficient (Wildman–Crippen LogP) is 5.13. The normalized spacial score (nSPS) is 10.4. The number of rotatable bonds is 7. The van der Waals surface area contributed by atoms with Gasteiger partial charge in [-0.1, -0.05) is 17.7 Å². The molecule has 31 heavy (non-hydrogen) atoms. The summed E-state index contributed by atoms with van der Waals surface area (Å²) in [5.41, 5.74) is 2.61. The lowest BCUT2D eigenvalue weighted by atomic mass is 10.2.